The Balaban J connectivity index is 2.94. The molecule has 0 heterocycles. The molecule has 1 atom stereocenters. The third-order valence-electron chi connectivity index (χ3n) is 3.07. The Labute approximate surface area is 107 Å². The van der Waals surface area contributed by atoms with Crippen molar-refractivity contribution in [1.82, 2.24) is 5.32 Å². The fraction of sp³-hybridized carbons (Fsp3) is 0.429. The highest BCUT2D eigenvalue weighted by molar-refractivity contribution is 5.98. The second-order valence-electron chi connectivity index (χ2n) is 4.78. The van der Waals surface area contributed by atoms with Crippen molar-refractivity contribution in [1.29, 1.82) is 0 Å². The molecule has 98 valence electrons. The molecule has 4 nitrogen and oxygen atoms in total. The Morgan fingerprint density at radius 1 is 1.22 bits per heavy atom. The van der Waals surface area contributed by atoms with Gasteiger partial charge in [-0.25, -0.2) is 4.79 Å². The van der Waals surface area contributed by atoms with Crippen LogP contribution < -0.4 is 5.32 Å². The predicted octanol–water partition coefficient (Wildman–Crippen LogP) is 2.14. The number of rotatable bonds is 4. The summed E-state index contributed by atoms with van der Waals surface area (Å²) in [5, 5.41) is 11.6. The average Bonchev–Trinajstić information content (AvgIpc) is 2.28. The molecule has 0 radical (unpaired) electrons. The molecule has 2 N–H and O–H groups in total. The first-order chi connectivity index (χ1) is 8.34. The van der Waals surface area contributed by atoms with Gasteiger partial charge in [0.15, 0.2) is 0 Å². The van der Waals surface area contributed by atoms with E-state index in [0.29, 0.717) is 5.56 Å². The van der Waals surface area contributed by atoms with E-state index in [2.05, 4.69) is 5.32 Å². The quantitative estimate of drug-likeness (QED) is 0.859. The van der Waals surface area contributed by atoms with E-state index >= 15 is 0 Å². The van der Waals surface area contributed by atoms with Gasteiger partial charge in [0.1, 0.15) is 6.04 Å². The van der Waals surface area contributed by atoms with Crippen LogP contribution in [0.1, 0.15) is 35.3 Å². The number of hydrogen-bond acceptors (Lipinski definition) is 2. The molecule has 0 spiro atoms. The van der Waals surface area contributed by atoms with Gasteiger partial charge in [-0.15, -0.1) is 0 Å². The molecule has 0 saturated carbocycles. The van der Waals surface area contributed by atoms with Gasteiger partial charge in [0.2, 0.25) is 0 Å². The van der Waals surface area contributed by atoms with Gasteiger partial charge in [0, 0.05) is 5.56 Å². The van der Waals surface area contributed by atoms with Crippen LogP contribution >= 0.6 is 0 Å². The summed E-state index contributed by atoms with van der Waals surface area (Å²) in [5.74, 6) is -1.50. The summed E-state index contributed by atoms with van der Waals surface area (Å²) in [6.45, 7) is 7.31. The molecular formula is C14H19NO3. The topological polar surface area (TPSA) is 66.4 Å². The van der Waals surface area contributed by atoms with Gasteiger partial charge in [-0.1, -0.05) is 26.0 Å². The molecule has 0 saturated heterocycles. The van der Waals surface area contributed by atoms with Crippen LogP contribution in [0.25, 0.3) is 0 Å². The molecule has 18 heavy (non-hydrogen) atoms. The van der Waals surface area contributed by atoms with Crippen LogP contribution in [-0.4, -0.2) is 23.0 Å². The van der Waals surface area contributed by atoms with Crippen LogP contribution in [0.5, 0.6) is 0 Å². The largest absolute Gasteiger partial charge is 0.480 e. The van der Waals surface area contributed by atoms with Crippen LogP contribution in [0.15, 0.2) is 18.2 Å². The molecule has 0 aliphatic carbocycles. The first kappa shape index (κ1) is 14.2. The van der Waals surface area contributed by atoms with E-state index < -0.39 is 12.0 Å². The van der Waals surface area contributed by atoms with Crippen LogP contribution in [0.3, 0.4) is 0 Å². The van der Waals surface area contributed by atoms with Crippen LogP contribution in [0.2, 0.25) is 0 Å². The van der Waals surface area contributed by atoms with Crippen molar-refractivity contribution < 1.29 is 14.7 Å². The van der Waals surface area contributed by atoms with Gasteiger partial charge in [-0.3, -0.25) is 4.79 Å². The monoisotopic (exact) mass is 249 g/mol. The minimum atomic E-state index is -1.01. The average molecular weight is 249 g/mol. The van der Waals surface area contributed by atoms with Crippen molar-refractivity contribution in [3.05, 3.63) is 34.9 Å². The van der Waals surface area contributed by atoms with E-state index in [1.807, 2.05) is 19.9 Å². The number of aliphatic carboxylic acids is 1. The van der Waals surface area contributed by atoms with E-state index in [9.17, 15) is 9.59 Å². The maximum absolute atomic E-state index is 12.1. The van der Waals surface area contributed by atoms with Crippen LogP contribution in [0, 0.1) is 19.8 Å². The van der Waals surface area contributed by atoms with Gasteiger partial charge < -0.3 is 10.4 Å². The number of carbonyl (C=O) groups is 2. The van der Waals surface area contributed by atoms with E-state index in [0.717, 1.165) is 11.1 Å². The highest BCUT2D eigenvalue weighted by atomic mass is 16.4. The summed E-state index contributed by atoms with van der Waals surface area (Å²) in [5.41, 5.74) is 2.42. The van der Waals surface area contributed by atoms with E-state index in [1.165, 1.54) is 0 Å². The normalized spacial score (nSPS) is 12.3. The minimum absolute atomic E-state index is 0.156. The first-order valence-electron chi connectivity index (χ1n) is 5.94. The molecule has 1 unspecified atom stereocenters. The number of benzene rings is 1. The van der Waals surface area contributed by atoms with Crippen LogP contribution in [-0.2, 0) is 4.79 Å². The van der Waals surface area contributed by atoms with Gasteiger partial charge in [-0.2, -0.15) is 0 Å². The lowest BCUT2D eigenvalue weighted by Crippen LogP contribution is -2.44. The molecule has 1 amide bonds. The Morgan fingerprint density at radius 2 is 1.83 bits per heavy atom. The number of aryl methyl sites for hydroxylation is 1. The summed E-state index contributed by atoms with van der Waals surface area (Å²) in [7, 11) is 0. The molecule has 4 heteroatoms. The summed E-state index contributed by atoms with van der Waals surface area (Å²) in [6.07, 6.45) is 0. The number of carboxylic acids is 1. The molecule has 0 aliphatic rings. The van der Waals surface area contributed by atoms with Crippen molar-refractivity contribution in [2.24, 2.45) is 5.92 Å². The summed E-state index contributed by atoms with van der Waals surface area (Å²) in [6, 6.07) is 4.56. The third kappa shape index (κ3) is 3.09. The molecule has 1 rings (SSSR count). The molecule has 0 aliphatic heterocycles. The number of amides is 1. The summed E-state index contributed by atoms with van der Waals surface area (Å²) in [4.78, 5) is 23.1. The Kier molecular flexibility index (Phi) is 4.48. The highest BCUT2D eigenvalue weighted by Gasteiger charge is 2.24. The number of carboxylic acid groups (broad SMARTS) is 1. The predicted molar refractivity (Wildman–Crippen MR) is 69.6 cm³/mol. The standard InChI is InChI=1S/C14H19NO3/c1-8(2)12(14(17)18)15-13(16)11-7-5-6-9(3)10(11)4/h5-8,12H,1-4H3,(H,15,16)(H,17,18). The summed E-state index contributed by atoms with van der Waals surface area (Å²) < 4.78 is 0. The van der Waals surface area contributed by atoms with Gasteiger partial charge >= 0.3 is 5.97 Å². The lowest BCUT2D eigenvalue weighted by Gasteiger charge is -2.18. The zero-order chi connectivity index (χ0) is 13.9. The van der Waals surface area contributed by atoms with Crippen molar-refractivity contribution in [2.45, 2.75) is 33.7 Å². The third-order valence-corrected chi connectivity index (χ3v) is 3.07. The minimum Gasteiger partial charge on any atom is -0.480 e. The highest BCUT2D eigenvalue weighted by Crippen LogP contribution is 2.13. The van der Waals surface area contributed by atoms with Crippen molar-refractivity contribution in [2.75, 3.05) is 0 Å². The van der Waals surface area contributed by atoms with Gasteiger partial charge in [0.05, 0.1) is 0 Å². The zero-order valence-corrected chi connectivity index (χ0v) is 11.2. The SMILES string of the molecule is Cc1cccc(C(=O)NC(C(=O)O)C(C)C)c1C. The molecule has 1 aromatic carbocycles. The second kappa shape index (κ2) is 5.67. The van der Waals surface area contributed by atoms with Gasteiger partial charge in [-0.05, 0) is 37.0 Å². The lowest BCUT2D eigenvalue weighted by atomic mass is 10.0. The van der Waals surface area contributed by atoms with Crippen molar-refractivity contribution in [3.63, 3.8) is 0 Å². The van der Waals surface area contributed by atoms with Gasteiger partial charge in [0.25, 0.3) is 5.91 Å². The fourth-order valence-electron chi connectivity index (χ4n) is 1.73. The molecule has 1 aromatic rings. The molecule has 0 bridgehead atoms. The van der Waals surface area contributed by atoms with E-state index in [-0.39, 0.29) is 11.8 Å². The fourth-order valence-corrected chi connectivity index (χ4v) is 1.73. The van der Waals surface area contributed by atoms with E-state index in [1.54, 1.807) is 26.0 Å². The number of hydrogen-bond donors (Lipinski definition) is 2. The second-order valence-corrected chi connectivity index (χ2v) is 4.78. The number of carbonyl (C=O) groups excluding carboxylic acids is 1. The number of nitrogens with one attached hydrogen (secondary N) is 1. The van der Waals surface area contributed by atoms with Crippen LogP contribution in [0.4, 0.5) is 0 Å². The lowest BCUT2D eigenvalue weighted by molar-refractivity contribution is -0.140. The Bertz CT molecular complexity index is 466. The zero-order valence-electron chi connectivity index (χ0n) is 11.2. The maximum Gasteiger partial charge on any atom is 0.326 e. The Morgan fingerprint density at radius 3 is 2.33 bits per heavy atom. The van der Waals surface area contributed by atoms with Crippen molar-refractivity contribution >= 4 is 11.9 Å². The molecule has 0 fully saturated rings. The first-order valence-corrected chi connectivity index (χ1v) is 5.94. The smallest absolute Gasteiger partial charge is 0.326 e. The molecular weight excluding hydrogens is 230 g/mol. The summed E-state index contributed by atoms with van der Waals surface area (Å²) >= 11 is 0. The molecule has 0 aromatic heterocycles. The van der Waals surface area contributed by atoms with Crippen molar-refractivity contribution in [3.8, 4) is 0 Å². The Hall–Kier alpha value is -1.84. The maximum atomic E-state index is 12.1. The van der Waals surface area contributed by atoms with E-state index in [4.69, 9.17) is 5.11 Å².